The molecule has 3 nitrogen and oxygen atoms in total. The quantitative estimate of drug-likeness (QED) is 0.468. The average molecular weight is 364 g/mol. The van der Waals surface area contributed by atoms with Gasteiger partial charge in [-0.05, 0) is 18.6 Å². The lowest BCUT2D eigenvalue weighted by molar-refractivity contribution is 0.0597. The van der Waals surface area contributed by atoms with Crippen molar-refractivity contribution < 1.29 is 14.3 Å². The minimum absolute atomic E-state index is 0.133. The molecule has 5 heteroatoms. The zero-order valence-corrected chi connectivity index (χ0v) is 12.7. The number of ether oxygens (including phenoxy) is 1. The molecule has 1 atom stereocenters. The van der Waals surface area contributed by atoms with Crippen molar-refractivity contribution in [2.45, 2.75) is 17.1 Å². The number of esters is 1. The lowest BCUT2D eigenvalue weighted by atomic mass is 10.00. The van der Waals surface area contributed by atoms with E-state index in [1.165, 1.54) is 7.11 Å². The van der Waals surface area contributed by atoms with Crippen LogP contribution in [0.25, 0.3) is 0 Å². The first-order valence-electron chi connectivity index (χ1n) is 4.96. The second-order valence-corrected chi connectivity index (χ2v) is 5.42. The molecule has 1 rings (SSSR count). The fourth-order valence-corrected chi connectivity index (χ4v) is 1.98. The summed E-state index contributed by atoms with van der Waals surface area (Å²) in [5, 5.41) is 0.620. The Morgan fingerprint density at radius 2 is 2.00 bits per heavy atom. The lowest BCUT2D eigenvalue weighted by Gasteiger charge is -2.09. The van der Waals surface area contributed by atoms with Crippen LogP contribution in [0.2, 0.25) is 0 Å². The van der Waals surface area contributed by atoms with E-state index in [1.807, 2.05) is 6.07 Å². The van der Waals surface area contributed by atoms with E-state index in [0.29, 0.717) is 16.5 Å². The second-order valence-electron chi connectivity index (χ2n) is 3.49. The fourth-order valence-electron chi connectivity index (χ4n) is 1.38. The first-order valence-corrected chi connectivity index (χ1v) is 7.00. The minimum Gasteiger partial charge on any atom is -0.465 e. The summed E-state index contributed by atoms with van der Waals surface area (Å²) in [5.41, 5.74) is 1.61. The molecule has 0 saturated heterocycles. The molecule has 0 heterocycles. The van der Waals surface area contributed by atoms with Gasteiger partial charge in [0, 0.05) is 10.9 Å². The Morgan fingerprint density at radius 3 is 2.47 bits per heavy atom. The van der Waals surface area contributed by atoms with Crippen LogP contribution < -0.4 is 0 Å². The van der Waals surface area contributed by atoms with Gasteiger partial charge in [0.25, 0.3) is 0 Å². The third-order valence-corrected chi connectivity index (χ3v) is 3.33. The number of benzene rings is 1. The number of ketones is 1. The molecular weight excluding hydrogens is 352 g/mol. The van der Waals surface area contributed by atoms with Crippen LogP contribution in [0.4, 0.5) is 0 Å². The highest BCUT2D eigenvalue weighted by Crippen LogP contribution is 2.19. The molecule has 0 aromatic heterocycles. The highest BCUT2D eigenvalue weighted by molar-refractivity contribution is 9.10. The predicted octanol–water partition coefficient (Wildman–Crippen LogP) is 3.33. The highest BCUT2D eigenvalue weighted by Gasteiger charge is 2.20. The van der Waals surface area contributed by atoms with Gasteiger partial charge in [-0.15, -0.1) is 0 Å². The van der Waals surface area contributed by atoms with Crippen LogP contribution in [-0.2, 0) is 10.1 Å². The van der Waals surface area contributed by atoms with Gasteiger partial charge in [0.05, 0.1) is 17.5 Å². The van der Waals surface area contributed by atoms with E-state index in [4.69, 9.17) is 0 Å². The van der Waals surface area contributed by atoms with Gasteiger partial charge in [-0.2, -0.15) is 0 Å². The molecule has 0 radical (unpaired) electrons. The van der Waals surface area contributed by atoms with Crippen molar-refractivity contribution in [3.8, 4) is 0 Å². The molecule has 1 aromatic carbocycles. The molecule has 0 amide bonds. The van der Waals surface area contributed by atoms with Crippen LogP contribution in [0, 0.1) is 0 Å². The van der Waals surface area contributed by atoms with Gasteiger partial charge >= 0.3 is 5.97 Å². The zero-order valence-electron chi connectivity index (χ0n) is 9.50. The maximum Gasteiger partial charge on any atom is 0.338 e. The summed E-state index contributed by atoms with van der Waals surface area (Å²) < 4.78 is 4.68. The molecule has 0 N–H and O–H groups in total. The number of halogens is 2. The van der Waals surface area contributed by atoms with Crippen molar-refractivity contribution in [1.29, 1.82) is 0 Å². The van der Waals surface area contributed by atoms with Crippen molar-refractivity contribution in [1.82, 2.24) is 0 Å². The van der Waals surface area contributed by atoms with E-state index in [2.05, 4.69) is 36.6 Å². The van der Waals surface area contributed by atoms with E-state index in [9.17, 15) is 9.59 Å². The normalized spacial score (nSPS) is 12.0. The van der Waals surface area contributed by atoms with E-state index in [0.717, 1.165) is 5.56 Å². The van der Waals surface area contributed by atoms with Gasteiger partial charge in [0.1, 0.15) is 0 Å². The Labute approximate surface area is 117 Å². The summed E-state index contributed by atoms with van der Waals surface area (Å²) in [6, 6.07) is 5.13. The van der Waals surface area contributed by atoms with E-state index in [1.54, 1.807) is 19.1 Å². The molecule has 0 aliphatic heterocycles. The number of carbonyl (C=O) groups excluding carboxylic acids is 2. The van der Waals surface area contributed by atoms with Crippen LogP contribution in [0.15, 0.2) is 18.2 Å². The van der Waals surface area contributed by atoms with Gasteiger partial charge in [-0.3, -0.25) is 4.79 Å². The molecule has 0 aliphatic rings. The SMILES string of the molecule is COC(=O)c1cc(CBr)ccc1C(=O)C(C)Br. The van der Waals surface area contributed by atoms with Gasteiger partial charge in [-0.1, -0.05) is 44.0 Å². The Hall–Kier alpha value is -0.680. The monoisotopic (exact) mass is 362 g/mol. The molecule has 92 valence electrons. The molecule has 1 unspecified atom stereocenters. The summed E-state index contributed by atoms with van der Waals surface area (Å²) in [6.45, 7) is 1.72. The van der Waals surface area contributed by atoms with Gasteiger partial charge in [0.2, 0.25) is 0 Å². The Kier molecular flexibility index (Phi) is 5.33. The Bertz CT molecular complexity index is 441. The maximum atomic E-state index is 11.9. The molecule has 0 saturated carbocycles. The minimum atomic E-state index is -0.496. The summed E-state index contributed by atoms with van der Waals surface area (Å²) in [7, 11) is 1.30. The van der Waals surface area contributed by atoms with E-state index >= 15 is 0 Å². The fraction of sp³-hybridized carbons (Fsp3) is 0.333. The number of hydrogen-bond donors (Lipinski definition) is 0. The first-order chi connectivity index (χ1) is 8.01. The topological polar surface area (TPSA) is 43.4 Å². The molecule has 17 heavy (non-hydrogen) atoms. The molecule has 0 bridgehead atoms. The summed E-state index contributed by atoms with van der Waals surface area (Å²) in [6.07, 6.45) is 0. The number of rotatable bonds is 4. The third-order valence-electron chi connectivity index (χ3n) is 2.27. The highest BCUT2D eigenvalue weighted by atomic mass is 79.9. The van der Waals surface area contributed by atoms with E-state index < -0.39 is 5.97 Å². The molecule has 0 aliphatic carbocycles. The summed E-state index contributed by atoms with van der Waals surface area (Å²) in [4.78, 5) is 23.2. The number of carbonyl (C=O) groups is 2. The largest absolute Gasteiger partial charge is 0.465 e. The van der Waals surface area contributed by atoms with Crippen LogP contribution in [0.3, 0.4) is 0 Å². The molecule has 0 fully saturated rings. The smallest absolute Gasteiger partial charge is 0.338 e. The lowest BCUT2D eigenvalue weighted by Crippen LogP contribution is -2.16. The van der Waals surface area contributed by atoms with Gasteiger partial charge in [-0.25, -0.2) is 4.79 Å². The maximum absolute atomic E-state index is 11.9. The van der Waals surface area contributed by atoms with Crippen LogP contribution in [0.1, 0.15) is 33.2 Å². The summed E-state index contributed by atoms with van der Waals surface area (Å²) >= 11 is 6.51. The Morgan fingerprint density at radius 1 is 1.35 bits per heavy atom. The van der Waals surface area contributed by atoms with Crippen molar-refractivity contribution >= 4 is 43.6 Å². The van der Waals surface area contributed by atoms with Crippen molar-refractivity contribution in [2.75, 3.05) is 7.11 Å². The van der Waals surface area contributed by atoms with Gasteiger partial charge in [0.15, 0.2) is 5.78 Å². The first kappa shape index (κ1) is 14.4. The molecular formula is C12H12Br2O3. The third kappa shape index (κ3) is 3.39. The van der Waals surface area contributed by atoms with Crippen LogP contribution in [-0.4, -0.2) is 23.7 Å². The standard InChI is InChI=1S/C12H12Br2O3/c1-7(14)11(15)9-4-3-8(6-13)5-10(9)12(16)17-2/h3-5,7H,6H2,1-2H3. The van der Waals surface area contributed by atoms with Crippen molar-refractivity contribution in [3.63, 3.8) is 0 Å². The molecule has 1 aromatic rings. The van der Waals surface area contributed by atoms with Crippen molar-refractivity contribution in [3.05, 3.63) is 34.9 Å². The van der Waals surface area contributed by atoms with Gasteiger partial charge < -0.3 is 4.74 Å². The number of alkyl halides is 2. The zero-order chi connectivity index (χ0) is 13.0. The number of Topliss-reactive ketones (excluding diaryl/α,β-unsaturated/α-hetero) is 1. The van der Waals surface area contributed by atoms with Crippen LogP contribution >= 0.6 is 31.9 Å². The van der Waals surface area contributed by atoms with E-state index in [-0.39, 0.29) is 10.6 Å². The molecule has 0 spiro atoms. The Balaban J connectivity index is 3.29. The van der Waals surface area contributed by atoms with Crippen LogP contribution in [0.5, 0.6) is 0 Å². The number of hydrogen-bond acceptors (Lipinski definition) is 3. The summed E-state index contributed by atoms with van der Waals surface area (Å²) in [5.74, 6) is -0.629. The van der Waals surface area contributed by atoms with Crippen molar-refractivity contribution in [2.24, 2.45) is 0 Å². The number of methoxy groups -OCH3 is 1. The average Bonchev–Trinajstić information content (AvgIpc) is 2.35. The second kappa shape index (κ2) is 6.31. The predicted molar refractivity (Wildman–Crippen MR) is 73.1 cm³/mol.